The van der Waals surface area contributed by atoms with Crippen molar-refractivity contribution >= 4 is 11.3 Å². The molecule has 0 aliphatic heterocycles. The maximum atomic E-state index is 4.76. The van der Waals surface area contributed by atoms with E-state index in [-0.39, 0.29) is 0 Å². The normalized spacial score (nSPS) is 23.1. The van der Waals surface area contributed by atoms with Crippen LogP contribution in [0, 0.1) is 5.92 Å². The van der Waals surface area contributed by atoms with Gasteiger partial charge in [-0.1, -0.05) is 27.2 Å². The number of nitrogens with zero attached hydrogens (tertiary/aromatic N) is 2. The Morgan fingerprint density at radius 1 is 1.33 bits per heavy atom. The zero-order valence-corrected chi connectivity index (χ0v) is 14.9. The van der Waals surface area contributed by atoms with Gasteiger partial charge in [-0.3, -0.25) is 4.90 Å². The van der Waals surface area contributed by atoms with Crippen LogP contribution in [-0.2, 0) is 13.1 Å². The van der Waals surface area contributed by atoms with Gasteiger partial charge >= 0.3 is 0 Å². The molecule has 1 heterocycles. The summed E-state index contributed by atoms with van der Waals surface area (Å²) in [6.45, 7) is 8.58. The zero-order valence-electron chi connectivity index (χ0n) is 14.1. The lowest BCUT2D eigenvalue weighted by Crippen LogP contribution is -2.34. The van der Waals surface area contributed by atoms with Gasteiger partial charge in [0.1, 0.15) is 5.01 Å². The van der Waals surface area contributed by atoms with Crippen molar-refractivity contribution in [2.45, 2.75) is 78.0 Å². The second-order valence-corrected chi connectivity index (χ2v) is 7.71. The van der Waals surface area contributed by atoms with Crippen molar-refractivity contribution in [1.29, 1.82) is 0 Å². The van der Waals surface area contributed by atoms with Gasteiger partial charge in [0.15, 0.2) is 0 Å². The Kier molecular flexibility index (Phi) is 6.65. The Hall–Kier alpha value is -0.450. The summed E-state index contributed by atoms with van der Waals surface area (Å²) in [5.41, 5.74) is 1.24. The summed E-state index contributed by atoms with van der Waals surface area (Å²) in [5, 5.41) is 6.88. The highest BCUT2D eigenvalue weighted by Crippen LogP contribution is 2.29. The van der Waals surface area contributed by atoms with Gasteiger partial charge in [-0.25, -0.2) is 4.98 Å². The highest BCUT2D eigenvalue weighted by Gasteiger charge is 2.23. The third-order valence-corrected chi connectivity index (χ3v) is 5.59. The van der Waals surface area contributed by atoms with Gasteiger partial charge in [0, 0.05) is 30.6 Å². The predicted octanol–water partition coefficient (Wildman–Crippen LogP) is 4.04. The van der Waals surface area contributed by atoms with Gasteiger partial charge in [-0.15, -0.1) is 11.3 Å². The molecule has 0 aromatic carbocycles. The number of hydrogen-bond donors (Lipinski definition) is 1. The van der Waals surface area contributed by atoms with Crippen LogP contribution in [-0.4, -0.2) is 29.0 Å². The molecule has 120 valence electrons. The first kappa shape index (κ1) is 16.9. The molecule has 2 rings (SSSR count). The van der Waals surface area contributed by atoms with Crippen LogP contribution in [0.1, 0.15) is 63.6 Å². The van der Waals surface area contributed by atoms with Crippen molar-refractivity contribution in [2.75, 3.05) is 7.05 Å². The highest BCUT2D eigenvalue weighted by atomic mass is 32.1. The average Bonchev–Trinajstić information content (AvgIpc) is 2.92. The fourth-order valence-corrected chi connectivity index (χ4v) is 3.91. The Morgan fingerprint density at radius 2 is 2.05 bits per heavy atom. The Balaban J connectivity index is 1.78. The van der Waals surface area contributed by atoms with Gasteiger partial charge < -0.3 is 5.32 Å². The van der Waals surface area contributed by atoms with Crippen molar-refractivity contribution in [1.82, 2.24) is 15.2 Å². The van der Waals surface area contributed by atoms with Crippen molar-refractivity contribution in [3.05, 3.63) is 16.1 Å². The predicted molar refractivity (Wildman–Crippen MR) is 91.6 cm³/mol. The maximum Gasteiger partial charge on any atom is 0.107 e. The Labute approximate surface area is 134 Å². The molecule has 0 atom stereocenters. The summed E-state index contributed by atoms with van der Waals surface area (Å²) >= 11 is 1.78. The fourth-order valence-electron chi connectivity index (χ4n) is 3.17. The number of hydrogen-bond acceptors (Lipinski definition) is 4. The molecule has 1 aromatic heterocycles. The lowest BCUT2D eigenvalue weighted by molar-refractivity contribution is 0.156. The third kappa shape index (κ3) is 5.35. The number of aromatic nitrogens is 1. The molecule has 1 aliphatic rings. The van der Waals surface area contributed by atoms with E-state index in [0.29, 0.717) is 6.04 Å². The number of thiazole rings is 1. The van der Waals surface area contributed by atoms with Crippen LogP contribution in [0.3, 0.4) is 0 Å². The quantitative estimate of drug-likeness (QED) is 0.824. The van der Waals surface area contributed by atoms with E-state index in [9.17, 15) is 0 Å². The van der Waals surface area contributed by atoms with Crippen LogP contribution in [0.15, 0.2) is 5.38 Å². The van der Waals surface area contributed by atoms with Crippen LogP contribution in [0.25, 0.3) is 0 Å². The number of nitrogens with one attached hydrogen (secondary N) is 1. The molecule has 3 nitrogen and oxygen atoms in total. The van der Waals surface area contributed by atoms with Crippen molar-refractivity contribution in [3.63, 3.8) is 0 Å². The monoisotopic (exact) mass is 309 g/mol. The molecule has 0 unspecified atom stereocenters. The van der Waals surface area contributed by atoms with Crippen LogP contribution < -0.4 is 5.32 Å². The second kappa shape index (κ2) is 8.25. The van der Waals surface area contributed by atoms with Crippen LogP contribution in [0.4, 0.5) is 0 Å². The lowest BCUT2D eigenvalue weighted by atomic mass is 9.84. The Morgan fingerprint density at radius 3 is 2.67 bits per heavy atom. The van der Waals surface area contributed by atoms with Gasteiger partial charge in [0.2, 0.25) is 0 Å². The van der Waals surface area contributed by atoms with Crippen LogP contribution in [0.2, 0.25) is 0 Å². The van der Waals surface area contributed by atoms with Crippen molar-refractivity contribution in [3.8, 4) is 0 Å². The minimum atomic E-state index is 0.522. The minimum absolute atomic E-state index is 0.522. The van der Waals surface area contributed by atoms with E-state index in [1.54, 1.807) is 11.3 Å². The Bertz CT molecular complexity index is 408. The molecule has 0 bridgehead atoms. The van der Waals surface area contributed by atoms with Crippen molar-refractivity contribution < 1.29 is 0 Å². The zero-order chi connectivity index (χ0) is 15.2. The second-order valence-electron chi connectivity index (χ2n) is 6.77. The van der Waals surface area contributed by atoms with Crippen molar-refractivity contribution in [2.24, 2.45) is 5.92 Å². The topological polar surface area (TPSA) is 28.2 Å². The smallest absolute Gasteiger partial charge is 0.107 e. The van der Waals surface area contributed by atoms with E-state index in [2.05, 4.69) is 43.4 Å². The first-order valence-electron chi connectivity index (χ1n) is 8.45. The summed E-state index contributed by atoms with van der Waals surface area (Å²) in [6.07, 6.45) is 6.90. The van der Waals surface area contributed by atoms with Crippen LogP contribution >= 0.6 is 11.3 Å². The summed E-state index contributed by atoms with van der Waals surface area (Å²) in [4.78, 5) is 7.28. The molecular formula is C17H31N3S. The third-order valence-electron chi connectivity index (χ3n) is 4.69. The first-order valence-corrected chi connectivity index (χ1v) is 9.33. The fraction of sp³-hybridized carbons (Fsp3) is 0.824. The molecule has 1 N–H and O–H groups in total. The van der Waals surface area contributed by atoms with Gasteiger partial charge in [0.05, 0.1) is 5.69 Å². The molecule has 0 saturated heterocycles. The minimum Gasteiger partial charge on any atom is -0.308 e. The molecule has 4 heteroatoms. The van der Waals surface area contributed by atoms with Gasteiger partial charge in [-0.05, 0) is 38.6 Å². The van der Waals surface area contributed by atoms with E-state index >= 15 is 0 Å². The molecule has 1 fully saturated rings. The summed E-state index contributed by atoms with van der Waals surface area (Å²) < 4.78 is 0. The highest BCUT2D eigenvalue weighted by molar-refractivity contribution is 7.09. The van der Waals surface area contributed by atoms with E-state index in [4.69, 9.17) is 4.98 Å². The maximum absolute atomic E-state index is 4.76. The average molecular weight is 310 g/mol. The summed E-state index contributed by atoms with van der Waals surface area (Å²) in [6, 6.07) is 1.28. The molecule has 1 aromatic rings. The van der Waals surface area contributed by atoms with E-state index in [0.717, 1.165) is 25.0 Å². The standard InChI is InChI=1S/C17H31N3S/c1-5-14-6-8-16(9-7-14)20(4)11-15-12-21-17(19-15)10-18-13(2)3/h12-14,16,18H,5-11H2,1-4H3. The van der Waals surface area contributed by atoms with Gasteiger partial charge in [-0.2, -0.15) is 0 Å². The molecule has 0 radical (unpaired) electrons. The summed E-state index contributed by atoms with van der Waals surface area (Å²) in [7, 11) is 2.27. The molecule has 1 aliphatic carbocycles. The first-order chi connectivity index (χ1) is 10.1. The van der Waals surface area contributed by atoms with E-state index < -0.39 is 0 Å². The van der Waals surface area contributed by atoms with Gasteiger partial charge in [0.25, 0.3) is 0 Å². The largest absolute Gasteiger partial charge is 0.308 e. The SMILES string of the molecule is CCC1CCC(N(C)Cc2csc(CNC(C)C)n2)CC1. The molecule has 0 spiro atoms. The molecule has 0 amide bonds. The molecule has 21 heavy (non-hydrogen) atoms. The summed E-state index contributed by atoms with van der Waals surface area (Å²) in [5.74, 6) is 0.975. The number of rotatable bonds is 7. The van der Waals surface area contributed by atoms with E-state index in [1.807, 2.05) is 0 Å². The van der Waals surface area contributed by atoms with Crippen LogP contribution in [0.5, 0.6) is 0 Å². The molecule has 1 saturated carbocycles. The lowest BCUT2D eigenvalue weighted by Gasteiger charge is -2.34. The molecular weight excluding hydrogens is 278 g/mol. The van der Waals surface area contributed by atoms with E-state index in [1.165, 1.54) is 42.8 Å².